The summed E-state index contributed by atoms with van der Waals surface area (Å²) >= 11 is 3.51. The molecule has 0 heterocycles. The van der Waals surface area contributed by atoms with E-state index in [-0.39, 0.29) is 5.57 Å². The zero-order valence-corrected chi connectivity index (χ0v) is 18.4. The topological polar surface area (TPSA) is 62.1 Å². The van der Waals surface area contributed by atoms with Crippen LogP contribution < -0.4 is 10.1 Å². The highest BCUT2D eigenvalue weighted by Gasteiger charge is 2.11. The molecule has 0 atom stereocenters. The van der Waals surface area contributed by atoms with Gasteiger partial charge in [-0.15, -0.1) is 0 Å². The van der Waals surface area contributed by atoms with Crippen molar-refractivity contribution >= 4 is 33.6 Å². The van der Waals surface area contributed by atoms with Crippen LogP contribution in [0.1, 0.15) is 22.3 Å². The van der Waals surface area contributed by atoms with Crippen molar-refractivity contribution < 1.29 is 9.53 Å². The van der Waals surface area contributed by atoms with Gasteiger partial charge in [0, 0.05) is 5.69 Å². The van der Waals surface area contributed by atoms with Crippen LogP contribution in [0.25, 0.3) is 6.08 Å². The number of ether oxygens (including phenoxy) is 1. The smallest absolute Gasteiger partial charge is 0.266 e. The molecule has 3 rings (SSSR count). The summed E-state index contributed by atoms with van der Waals surface area (Å²) < 4.78 is 6.62. The minimum absolute atomic E-state index is 0.0247. The fraction of sp³-hybridized carbons (Fsp3) is 0.120. The molecule has 3 aromatic rings. The predicted octanol–water partition coefficient (Wildman–Crippen LogP) is 6.19. The van der Waals surface area contributed by atoms with E-state index >= 15 is 0 Å². The zero-order chi connectivity index (χ0) is 21.5. The van der Waals surface area contributed by atoms with E-state index in [9.17, 15) is 10.1 Å². The van der Waals surface area contributed by atoms with Crippen molar-refractivity contribution in [2.45, 2.75) is 20.5 Å². The van der Waals surface area contributed by atoms with Gasteiger partial charge in [-0.1, -0.05) is 48.0 Å². The number of nitrogens with zero attached hydrogens (tertiary/aromatic N) is 1. The second-order valence-electron chi connectivity index (χ2n) is 6.96. The predicted molar refractivity (Wildman–Crippen MR) is 123 cm³/mol. The van der Waals surface area contributed by atoms with Gasteiger partial charge in [0.25, 0.3) is 5.91 Å². The van der Waals surface area contributed by atoms with Gasteiger partial charge in [-0.05, 0) is 76.8 Å². The van der Waals surface area contributed by atoms with Crippen LogP contribution in [-0.2, 0) is 11.4 Å². The largest absolute Gasteiger partial charge is 0.488 e. The number of hydrogen-bond acceptors (Lipinski definition) is 3. The fourth-order valence-corrected chi connectivity index (χ4v) is 3.32. The zero-order valence-electron chi connectivity index (χ0n) is 16.8. The van der Waals surface area contributed by atoms with Crippen LogP contribution in [0.15, 0.2) is 76.8 Å². The summed E-state index contributed by atoms with van der Waals surface area (Å²) in [5, 5.41) is 12.2. The lowest BCUT2D eigenvalue weighted by atomic mass is 10.1. The van der Waals surface area contributed by atoms with Crippen LogP contribution in [0.2, 0.25) is 0 Å². The van der Waals surface area contributed by atoms with Gasteiger partial charge >= 0.3 is 0 Å². The lowest BCUT2D eigenvalue weighted by Gasteiger charge is -2.09. The number of nitriles is 1. The molecular weight excluding hydrogens is 440 g/mol. The van der Waals surface area contributed by atoms with E-state index in [1.807, 2.05) is 80.6 Å². The maximum atomic E-state index is 12.5. The SMILES string of the molecule is Cc1ccc(COc2ccc(/C=C(/C#N)C(=O)Nc3cccc(C)c3)cc2Br)cc1. The number of aryl methyl sites for hydroxylation is 2. The van der Waals surface area contributed by atoms with Crippen LogP contribution >= 0.6 is 15.9 Å². The molecule has 0 radical (unpaired) electrons. The molecule has 3 aromatic carbocycles. The summed E-state index contributed by atoms with van der Waals surface area (Å²) in [6.45, 7) is 4.44. The summed E-state index contributed by atoms with van der Waals surface area (Å²) in [6.07, 6.45) is 1.56. The third-order valence-corrected chi connectivity index (χ3v) is 5.04. The molecule has 0 bridgehead atoms. The van der Waals surface area contributed by atoms with Crippen molar-refractivity contribution in [2.24, 2.45) is 0 Å². The van der Waals surface area contributed by atoms with Gasteiger partial charge in [-0.25, -0.2) is 0 Å². The Balaban J connectivity index is 1.70. The third-order valence-electron chi connectivity index (χ3n) is 4.42. The normalized spacial score (nSPS) is 10.9. The molecule has 0 unspecified atom stereocenters. The molecule has 0 aliphatic heterocycles. The average Bonchev–Trinajstić information content (AvgIpc) is 2.72. The summed E-state index contributed by atoms with van der Waals surface area (Å²) in [5.41, 5.74) is 4.71. The van der Waals surface area contributed by atoms with E-state index in [2.05, 4.69) is 21.2 Å². The molecule has 0 aliphatic carbocycles. The molecule has 0 fully saturated rings. The number of carbonyl (C=O) groups excluding carboxylic acids is 1. The quantitative estimate of drug-likeness (QED) is 0.352. The molecular formula is C25H21BrN2O2. The molecule has 0 saturated heterocycles. The lowest BCUT2D eigenvalue weighted by Crippen LogP contribution is -2.13. The van der Waals surface area contributed by atoms with E-state index in [4.69, 9.17) is 4.74 Å². The Morgan fingerprint density at radius 1 is 1.07 bits per heavy atom. The average molecular weight is 461 g/mol. The van der Waals surface area contributed by atoms with Gasteiger partial charge in [0.1, 0.15) is 24.0 Å². The molecule has 1 amide bonds. The Morgan fingerprint density at radius 2 is 1.83 bits per heavy atom. The fourth-order valence-electron chi connectivity index (χ4n) is 2.81. The molecule has 4 nitrogen and oxygen atoms in total. The Labute approximate surface area is 184 Å². The van der Waals surface area contributed by atoms with Crippen LogP contribution in [-0.4, -0.2) is 5.91 Å². The number of amides is 1. The summed E-state index contributed by atoms with van der Waals surface area (Å²) in [4.78, 5) is 12.5. The minimum atomic E-state index is -0.445. The summed E-state index contributed by atoms with van der Waals surface area (Å²) in [7, 11) is 0. The Bertz CT molecular complexity index is 1130. The Kier molecular flexibility index (Phi) is 7.05. The minimum Gasteiger partial charge on any atom is -0.488 e. The number of anilines is 1. The van der Waals surface area contributed by atoms with Gasteiger partial charge in [-0.2, -0.15) is 5.26 Å². The monoisotopic (exact) mass is 460 g/mol. The number of hydrogen-bond donors (Lipinski definition) is 1. The van der Waals surface area contributed by atoms with Crippen LogP contribution in [0.3, 0.4) is 0 Å². The highest BCUT2D eigenvalue weighted by atomic mass is 79.9. The molecule has 1 N–H and O–H groups in total. The number of carbonyl (C=O) groups is 1. The molecule has 0 saturated carbocycles. The number of nitrogens with one attached hydrogen (secondary N) is 1. The van der Waals surface area contributed by atoms with Crippen molar-refractivity contribution in [1.82, 2.24) is 0 Å². The molecule has 0 aliphatic rings. The molecule has 30 heavy (non-hydrogen) atoms. The second-order valence-corrected chi connectivity index (χ2v) is 7.81. The van der Waals surface area contributed by atoms with Gasteiger partial charge in [-0.3, -0.25) is 4.79 Å². The molecule has 150 valence electrons. The van der Waals surface area contributed by atoms with Crippen molar-refractivity contribution in [3.05, 3.63) is 99.0 Å². The van der Waals surface area contributed by atoms with Gasteiger partial charge < -0.3 is 10.1 Å². The lowest BCUT2D eigenvalue weighted by molar-refractivity contribution is -0.112. The van der Waals surface area contributed by atoms with Crippen molar-refractivity contribution in [1.29, 1.82) is 5.26 Å². The highest BCUT2D eigenvalue weighted by molar-refractivity contribution is 9.10. The van der Waals surface area contributed by atoms with Crippen molar-refractivity contribution in [3.63, 3.8) is 0 Å². The van der Waals surface area contributed by atoms with Gasteiger partial charge in [0.05, 0.1) is 4.47 Å². The first kappa shape index (κ1) is 21.4. The summed E-state index contributed by atoms with van der Waals surface area (Å²) in [5.74, 6) is 0.245. The number of halogens is 1. The van der Waals surface area contributed by atoms with E-state index in [1.54, 1.807) is 12.1 Å². The van der Waals surface area contributed by atoms with Gasteiger partial charge in [0.15, 0.2) is 0 Å². The summed E-state index contributed by atoms with van der Waals surface area (Å²) in [6, 6.07) is 23.0. The first-order chi connectivity index (χ1) is 14.4. The van der Waals surface area contributed by atoms with Gasteiger partial charge in [0.2, 0.25) is 0 Å². The van der Waals surface area contributed by atoms with E-state index in [0.29, 0.717) is 18.0 Å². The molecule has 0 spiro atoms. The third kappa shape index (κ3) is 5.82. The number of benzene rings is 3. The van der Waals surface area contributed by atoms with Crippen LogP contribution in [0.4, 0.5) is 5.69 Å². The van der Waals surface area contributed by atoms with E-state index in [0.717, 1.165) is 21.2 Å². The van der Waals surface area contributed by atoms with Crippen LogP contribution in [0.5, 0.6) is 5.75 Å². The van der Waals surface area contributed by atoms with Crippen molar-refractivity contribution in [3.8, 4) is 11.8 Å². The highest BCUT2D eigenvalue weighted by Crippen LogP contribution is 2.28. The Morgan fingerprint density at radius 3 is 2.50 bits per heavy atom. The second kappa shape index (κ2) is 9.91. The first-order valence-corrected chi connectivity index (χ1v) is 10.2. The van der Waals surface area contributed by atoms with E-state index in [1.165, 1.54) is 5.56 Å². The Hall–Kier alpha value is -3.36. The maximum Gasteiger partial charge on any atom is 0.266 e. The van der Waals surface area contributed by atoms with Crippen molar-refractivity contribution in [2.75, 3.05) is 5.32 Å². The number of rotatable bonds is 6. The maximum absolute atomic E-state index is 12.5. The first-order valence-electron chi connectivity index (χ1n) is 9.42. The van der Waals surface area contributed by atoms with Crippen LogP contribution in [0, 0.1) is 25.2 Å². The standard InChI is InChI=1S/C25H21BrN2O2/c1-17-6-8-19(9-7-17)16-30-24-11-10-20(14-23(24)26)13-21(15-27)25(29)28-22-5-3-4-18(2)12-22/h3-14H,16H2,1-2H3,(H,28,29)/b21-13-. The molecule has 5 heteroatoms. The van der Waals surface area contributed by atoms with E-state index < -0.39 is 5.91 Å². The molecule has 0 aromatic heterocycles.